The highest BCUT2D eigenvalue weighted by molar-refractivity contribution is 5.95. The van der Waals surface area contributed by atoms with Crippen molar-refractivity contribution in [3.63, 3.8) is 0 Å². The molecule has 3 N–H and O–H groups in total. The molecule has 3 heterocycles. The van der Waals surface area contributed by atoms with Crippen molar-refractivity contribution in [3.05, 3.63) is 42.9 Å². The molecule has 0 unspecified atom stereocenters. The Morgan fingerprint density at radius 2 is 1.94 bits per heavy atom. The van der Waals surface area contributed by atoms with E-state index in [0.717, 1.165) is 22.2 Å². The van der Waals surface area contributed by atoms with E-state index in [9.17, 15) is 0 Å². The van der Waals surface area contributed by atoms with Crippen molar-refractivity contribution in [2.45, 2.75) is 0 Å². The Balaban J connectivity index is 2.34. The van der Waals surface area contributed by atoms with Gasteiger partial charge < -0.3 is 10.7 Å². The summed E-state index contributed by atoms with van der Waals surface area (Å²) in [7, 11) is 0. The highest BCUT2D eigenvalue weighted by Gasteiger charge is 2.07. The van der Waals surface area contributed by atoms with Crippen LogP contribution in [0, 0.1) is 0 Å². The van der Waals surface area contributed by atoms with Gasteiger partial charge in [0, 0.05) is 29.5 Å². The summed E-state index contributed by atoms with van der Waals surface area (Å²) in [4.78, 5) is 11.4. The number of fused-ring (bicyclic) bond motifs is 1. The standard InChI is InChI=1S/C12H10N4/c13-11-9(2-1-5-14-11)8-3-6-15-12-10(8)4-7-16-12/h1-7H,(H2,13,14)(H,15,16). The third-order valence-electron chi connectivity index (χ3n) is 2.59. The molecule has 4 nitrogen and oxygen atoms in total. The van der Waals surface area contributed by atoms with Gasteiger partial charge >= 0.3 is 0 Å². The van der Waals surface area contributed by atoms with Crippen LogP contribution in [0.5, 0.6) is 0 Å². The quantitative estimate of drug-likeness (QED) is 0.647. The highest BCUT2D eigenvalue weighted by Crippen LogP contribution is 2.29. The average molecular weight is 210 g/mol. The fraction of sp³-hybridized carbons (Fsp3) is 0. The van der Waals surface area contributed by atoms with Gasteiger partial charge in [-0.1, -0.05) is 0 Å². The lowest BCUT2D eigenvalue weighted by molar-refractivity contribution is 1.31. The van der Waals surface area contributed by atoms with Crippen molar-refractivity contribution in [1.82, 2.24) is 15.0 Å². The van der Waals surface area contributed by atoms with Gasteiger partial charge in [-0.2, -0.15) is 0 Å². The highest BCUT2D eigenvalue weighted by atomic mass is 14.8. The molecule has 0 aliphatic carbocycles. The maximum absolute atomic E-state index is 5.87. The van der Waals surface area contributed by atoms with Gasteiger partial charge in [-0.3, -0.25) is 0 Å². The van der Waals surface area contributed by atoms with Gasteiger partial charge in [0.2, 0.25) is 0 Å². The van der Waals surface area contributed by atoms with Crippen molar-refractivity contribution in [1.29, 1.82) is 0 Å². The van der Waals surface area contributed by atoms with Crippen molar-refractivity contribution in [3.8, 4) is 11.1 Å². The van der Waals surface area contributed by atoms with Crippen molar-refractivity contribution >= 4 is 16.9 Å². The number of nitrogens with zero attached hydrogens (tertiary/aromatic N) is 2. The lowest BCUT2D eigenvalue weighted by atomic mass is 10.1. The van der Waals surface area contributed by atoms with Crippen LogP contribution in [-0.4, -0.2) is 15.0 Å². The summed E-state index contributed by atoms with van der Waals surface area (Å²) in [5.74, 6) is 0.538. The second-order valence-corrected chi connectivity index (χ2v) is 3.53. The normalized spacial score (nSPS) is 10.8. The number of anilines is 1. The molecule has 4 heteroatoms. The largest absolute Gasteiger partial charge is 0.383 e. The Kier molecular flexibility index (Phi) is 1.86. The lowest BCUT2D eigenvalue weighted by Gasteiger charge is -2.05. The molecule has 0 aliphatic heterocycles. The molecule has 3 aromatic rings. The number of H-pyrrole nitrogens is 1. The minimum Gasteiger partial charge on any atom is -0.383 e. The summed E-state index contributed by atoms with van der Waals surface area (Å²) in [6, 6.07) is 7.78. The Hall–Kier alpha value is -2.36. The first-order valence-corrected chi connectivity index (χ1v) is 4.99. The third-order valence-corrected chi connectivity index (χ3v) is 2.59. The number of nitrogens with two attached hydrogens (primary N) is 1. The van der Waals surface area contributed by atoms with Crippen molar-refractivity contribution in [2.75, 3.05) is 5.73 Å². The monoisotopic (exact) mass is 210 g/mol. The zero-order chi connectivity index (χ0) is 11.0. The molecule has 0 spiro atoms. The molecule has 0 aromatic carbocycles. The van der Waals surface area contributed by atoms with E-state index in [1.54, 1.807) is 12.4 Å². The van der Waals surface area contributed by atoms with E-state index in [1.807, 2.05) is 30.5 Å². The van der Waals surface area contributed by atoms with Gasteiger partial charge in [-0.15, -0.1) is 0 Å². The molecule has 0 radical (unpaired) electrons. The zero-order valence-corrected chi connectivity index (χ0v) is 8.51. The summed E-state index contributed by atoms with van der Waals surface area (Å²) in [6.45, 7) is 0. The number of pyridine rings is 2. The van der Waals surface area contributed by atoms with E-state index >= 15 is 0 Å². The van der Waals surface area contributed by atoms with Crippen LogP contribution in [0.15, 0.2) is 42.9 Å². The summed E-state index contributed by atoms with van der Waals surface area (Å²) < 4.78 is 0. The molecule has 3 rings (SSSR count). The molecular formula is C12H10N4. The molecule has 0 amide bonds. The Morgan fingerprint density at radius 1 is 1.00 bits per heavy atom. The number of aromatic nitrogens is 3. The predicted octanol–water partition coefficient (Wildman–Crippen LogP) is 2.21. The smallest absolute Gasteiger partial charge is 0.137 e. The van der Waals surface area contributed by atoms with E-state index < -0.39 is 0 Å². The molecule has 0 bridgehead atoms. The molecular weight excluding hydrogens is 200 g/mol. The van der Waals surface area contributed by atoms with Gasteiger partial charge in [0.05, 0.1) is 0 Å². The van der Waals surface area contributed by atoms with Crippen LogP contribution in [0.25, 0.3) is 22.2 Å². The zero-order valence-electron chi connectivity index (χ0n) is 8.51. The van der Waals surface area contributed by atoms with Crippen molar-refractivity contribution in [2.24, 2.45) is 0 Å². The number of rotatable bonds is 1. The SMILES string of the molecule is Nc1ncccc1-c1ccnc2[nH]ccc12. The van der Waals surface area contributed by atoms with Crippen LogP contribution < -0.4 is 5.73 Å². The second kappa shape index (κ2) is 3.34. The minimum atomic E-state index is 0.538. The second-order valence-electron chi connectivity index (χ2n) is 3.53. The van der Waals surface area contributed by atoms with Gasteiger partial charge in [-0.05, 0) is 29.8 Å². The molecule has 0 saturated carbocycles. The number of aromatic amines is 1. The molecule has 16 heavy (non-hydrogen) atoms. The van der Waals surface area contributed by atoms with E-state index in [4.69, 9.17) is 5.73 Å². The van der Waals surface area contributed by atoms with Gasteiger partial charge in [0.1, 0.15) is 11.5 Å². The summed E-state index contributed by atoms with van der Waals surface area (Å²) in [6.07, 6.45) is 5.32. The molecule has 0 saturated heterocycles. The van der Waals surface area contributed by atoms with Gasteiger partial charge in [0.25, 0.3) is 0 Å². The molecule has 0 aliphatic rings. The first-order chi connectivity index (χ1) is 7.86. The number of nitrogens with one attached hydrogen (secondary N) is 1. The lowest BCUT2D eigenvalue weighted by Crippen LogP contribution is -1.93. The molecule has 78 valence electrons. The Labute approximate surface area is 92.2 Å². The van der Waals surface area contributed by atoms with Crippen LogP contribution in [0.2, 0.25) is 0 Å². The fourth-order valence-corrected chi connectivity index (χ4v) is 1.84. The topological polar surface area (TPSA) is 67.6 Å². The number of hydrogen-bond donors (Lipinski definition) is 2. The number of hydrogen-bond acceptors (Lipinski definition) is 3. The summed E-state index contributed by atoms with van der Waals surface area (Å²) in [5.41, 5.74) is 8.72. The molecule has 0 fully saturated rings. The Morgan fingerprint density at radius 3 is 2.81 bits per heavy atom. The third kappa shape index (κ3) is 1.24. The van der Waals surface area contributed by atoms with Crippen LogP contribution in [0.1, 0.15) is 0 Å². The maximum Gasteiger partial charge on any atom is 0.137 e. The van der Waals surface area contributed by atoms with Gasteiger partial charge in [0.15, 0.2) is 0 Å². The maximum atomic E-state index is 5.87. The Bertz CT molecular complexity index is 642. The van der Waals surface area contributed by atoms with E-state index in [-0.39, 0.29) is 0 Å². The van der Waals surface area contributed by atoms with Crippen LogP contribution in [0.4, 0.5) is 5.82 Å². The van der Waals surface area contributed by atoms with Crippen LogP contribution >= 0.6 is 0 Å². The number of nitrogen functional groups attached to an aromatic ring is 1. The predicted molar refractivity (Wildman–Crippen MR) is 63.7 cm³/mol. The minimum absolute atomic E-state index is 0.538. The first kappa shape index (κ1) is 8.91. The summed E-state index contributed by atoms with van der Waals surface area (Å²) >= 11 is 0. The van der Waals surface area contributed by atoms with E-state index in [2.05, 4.69) is 15.0 Å². The van der Waals surface area contributed by atoms with Crippen molar-refractivity contribution < 1.29 is 0 Å². The molecule has 3 aromatic heterocycles. The fourth-order valence-electron chi connectivity index (χ4n) is 1.84. The average Bonchev–Trinajstić information content (AvgIpc) is 2.77. The molecule has 0 atom stereocenters. The summed E-state index contributed by atoms with van der Waals surface area (Å²) in [5, 5.41) is 1.06. The van der Waals surface area contributed by atoms with Gasteiger partial charge in [-0.25, -0.2) is 9.97 Å². The van der Waals surface area contributed by atoms with Crippen LogP contribution in [-0.2, 0) is 0 Å². The van der Waals surface area contributed by atoms with E-state index in [1.165, 1.54) is 0 Å². The van der Waals surface area contributed by atoms with E-state index in [0.29, 0.717) is 5.82 Å². The first-order valence-electron chi connectivity index (χ1n) is 4.99. The van der Waals surface area contributed by atoms with Crippen LogP contribution in [0.3, 0.4) is 0 Å².